The van der Waals surface area contributed by atoms with E-state index in [-0.39, 0.29) is 18.7 Å². The van der Waals surface area contributed by atoms with E-state index in [1.807, 2.05) is 6.07 Å². The monoisotopic (exact) mass is 318 g/mol. The molecular formula is C16H18N2O5. The van der Waals surface area contributed by atoms with Gasteiger partial charge in [0.05, 0.1) is 6.61 Å². The van der Waals surface area contributed by atoms with Crippen molar-refractivity contribution in [3.63, 3.8) is 0 Å². The number of rotatable bonds is 5. The molecule has 1 saturated heterocycles. The first-order valence-corrected chi connectivity index (χ1v) is 7.85. The predicted octanol–water partition coefficient (Wildman–Crippen LogP) is 1.66. The normalized spacial score (nSPS) is 20.6. The van der Waals surface area contributed by atoms with Crippen LogP contribution in [0.2, 0.25) is 0 Å². The highest BCUT2D eigenvalue weighted by Crippen LogP contribution is 2.37. The number of carbonyl (C=O) groups is 2. The Morgan fingerprint density at radius 1 is 1.22 bits per heavy atom. The molecule has 0 bridgehead atoms. The maximum absolute atomic E-state index is 12.3. The third kappa shape index (κ3) is 2.36. The lowest BCUT2D eigenvalue weighted by molar-refractivity contribution is -0.134. The van der Waals surface area contributed by atoms with Crippen molar-refractivity contribution in [3.8, 4) is 17.2 Å². The minimum Gasteiger partial charge on any atom is -0.493 e. The van der Waals surface area contributed by atoms with Crippen molar-refractivity contribution in [2.45, 2.75) is 31.2 Å². The zero-order valence-corrected chi connectivity index (χ0v) is 12.7. The Morgan fingerprint density at radius 3 is 2.78 bits per heavy atom. The summed E-state index contributed by atoms with van der Waals surface area (Å²) in [6.07, 6.45) is 3.08. The van der Waals surface area contributed by atoms with E-state index in [4.69, 9.17) is 14.2 Å². The van der Waals surface area contributed by atoms with Crippen LogP contribution in [0, 0.1) is 0 Å². The summed E-state index contributed by atoms with van der Waals surface area (Å²) in [6.45, 7) is 1.02. The molecule has 2 fully saturated rings. The second kappa shape index (κ2) is 5.33. The van der Waals surface area contributed by atoms with Crippen molar-refractivity contribution in [2.24, 2.45) is 0 Å². The summed E-state index contributed by atoms with van der Waals surface area (Å²) < 4.78 is 16.2. The topological polar surface area (TPSA) is 77.1 Å². The molecule has 0 aromatic heterocycles. The predicted molar refractivity (Wildman–Crippen MR) is 79.5 cm³/mol. The number of benzene rings is 1. The van der Waals surface area contributed by atoms with Crippen molar-refractivity contribution < 1.29 is 23.8 Å². The number of hydrogen-bond acceptors (Lipinski definition) is 5. The highest BCUT2D eigenvalue weighted by atomic mass is 16.7. The quantitative estimate of drug-likeness (QED) is 0.660. The van der Waals surface area contributed by atoms with Gasteiger partial charge in [-0.05, 0) is 37.8 Å². The van der Waals surface area contributed by atoms with E-state index < -0.39 is 5.54 Å². The summed E-state index contributed by atoms with van der Waals surface area (Å²) in [4.78, 5) is 25.5. The lowest BCUT2D eigenvalue weighted by Gasteiger charge is -2.34. The van der Waals surface area contributed by atoms with Gasteiger partial charge in [-0.2, -0.15) is 0 Å². The average molecular weight is 318 g/mol. The van der Waals surface area contributed by atoms with Gasteiger partial charge in [0.25, 0.3) is 5.91 Å². The van der Waals surface area contributed by atoms with Gasteiger partial charge in [0.1, 0.15) is 11.3 Å². The van der Waals surface area contributed by atoms with Crippen LogP contribution in [0.25, 0.3) is 0 Å². The molecule has 1 aromatic rings. The van der Waals surface area contributed by atoms with Gasteiger partial charge < -0.3 is 19.5 Å². The highest BCUT2D eigenvalue weighted by molar-refractivity contribution is 6.07. The molecule has 2 aliphatic heterocycles. The Bertz CT molecular complexity index is 656. The van der Waals surface area contributed by atoms with Crippen LogP contribution in [-0.2, 0) is 4.79 Å². The number of nitrogens with zero attached hydrogens (tertiary/aromatic N) is 1. The maximum Gasteiger partial charge on any atom is 0.325 e. The molecule has 1 spiro atoms. The molecule has 0 unspecified atom stereocenters. The highest BCUT2D eigenvalue weighted by Gasteiger charge is 2.54. The van der Waals surface area contributed by atoms with Crippen LogP contribution in [0.15, 0.2) is 18.2 Å². The van der Waals surface area contributed by atoms with E-state index in [0.29, 0.717) is 36.8 Å². The van der Waals surface area contributed by atoms with Crippen LogP contribution in [0.5, 0.6) is 17.2 Å². The zero-order valence-electron chi connectivity index (χ0n) is 12.7. The minimum absolute atomic E-state index is 0.0863. The molecule has 1 aromatic carbocycles. The molecule has 1 aliphatic carbocycles. The van der Waals surface area contributed by atoms with Crippen molar-refractivity contribution in [3.05, 3.63) is 18.2 Å². The third-order valence-electron chi connectivity index (χ3n) is 4.59. The molecule has 7 nitrogen and oxygen atoms in total. The molecule has 4 rings (SSSR count). The molecule has 1 saturated carbocycles. The molecule has 122 valence electrons. The number of nitrogens with one attached hydrogen (secondary N) is 1. The third-order valence-corrected chi connectivity index (χ3v) is 4.59. The van der Waals surface area contributed by atoms with E-state index in [9.17, 15) is 9.59 Å². The molecule has 1 N–H and O–H groups in total. The molecule has 0 atom stereocenters. The van der Waals surface area contributed by atoms with Crippen LogP contribution < -0.4 is 19.5 Å². The molecule has 0 radical (unpaired) electrons. The fourth-order valence-corrected chi connectivity index (χ4v) is 3.13. The Balaban J connectivity index is 1.27. The van der Waals surface area contributed by atoms with Crippen molar-refractivity contribution >= 4 is 11.9 Å². The van der Waals surface area contributed by atoms with Gasteiger partial charge in [-0.15, -0.1) is 0 Å². The standard InChI is InChI=1S/C16H18N2O5/c19-14-16(5-1-6-16)17-15(20)18(14)7-2-8-21-11-3-4-12-13(9-11)23-10-22-12/h3-4,9H,1-2,5-8,10H2,(H,17,20). The first-order valence-electron chi connectivity index (χ1n) is 7.85. The molecule has 2 heterocycles. The van der Waals surface area contributed by atoms with Gasteiger partial charge in [-0.1, -0.05) is 0 Å². The van der Waals surface area contributed by atoms with Gasteiger partial charge in [0.15, 0.2) is 11.5 Å². The first-order chi connectivity index (χ1) is 11.2. The first kappa shape index (κ1) is 14.2. The number of fused-ring (bicyclic) bond motifs is 1. The summed E-state index contributed by atoms with van der Waals surface area (Å²) >= 11 is 0. The molecule has 3 aliphatic rings. The van der Waals surface area contributed by atoms with E-state index in [0.717, 1.165) is 19.3 Å². The van der Waals surface area contributed by atoms with Crippen LogP contribution in [-0.4, -0.2) is 42.3 Å². The van der Waals surface area contributed by atoms with Crippen molar-refractivity contribution in [1.82, 2.24) is 10.2 Å². The van der Waals surface area contributed by atoms with Crippen LogP contribution in [0.3, 0.4) is 0 Å². The smallest absolute Gasteiger partial charge is 0.325 e. The number of urea groups is 1. The SMILES string of the molecule is O=C1NC2(CCC2)C(=O)N1CCCOc1ccc2c(c1)OCO2. The van der Waals surface area contributed by atoms with Gasteiger partial charge >= 0.3 is 6.03 Å². The van der Waals surface area contributed by atoms with Crippen molar-refractivity contribution in [1.29, 1.82) is 0 Å². The lowest BCUT2D eigenvalue weighted by atomic mass is 9.77. The molecule has 23 heavy (non-hydrogen) atoms. The number of hydrogen-bond donors (Lipinski definition) is 1. The number of imide groups is 1. The van der Waals surface area contributed by atoms with E-state index in [2.05, 4.69) is 5.32 Å². The van der Waals surface area contributed by atoms with Crippen LogP contribution in [0.4, 0.5) is 4.79 Å². The van der Waals surface area contributed by atoms with Gasteiger partial charge in [-0.25, -0.2) is 4.79 Å². The number of carbonyl (C=O) groups excluding carboxylic acids is 2. The summed E-state index contributed by atoms with van der Waals surface area (Å²) in [6, 6.07) is 5.11. The van der Waals surface area contributed by atoms with Crippen LogP contribution >= 0.6 is 0 Å². The Hall–Kier alpha value is -2.44. The number of amides is 3. The maximum atomic E-state index is 12.3. The van der Waals surface area contributed by atoms with Crippen LogP contribution in [0.1, 0.15) is 25.7 Å². The fraction of sp³-hybridized carbons (Fsp3) is 0.500. The van der Waals surface area contributed by atoms with Gasteiger partial charge in [0.2, 0.25) is 6.79 Å². The summed E-state index contributed by atoms with van der Waals surface area (Å²) in [5, 5.41) is 2.82. The summed E-state index contributed by atoms with van der Waals surface area (Å²) in [5.41, 5.74) is -0.602. The van der Waals surface area contributed by atoms with E-state index in [1.165, 1.54) is 4.90 Å². The second-order valence-electron chi connectivity index (χ2n) is 6.04. The lowest BCUT2D eigenvalue weighted by Crippen LogP contribution is -2.52. The summed E-state index contributed by atoms with van der Waals surface area (Å²) in [5.74, 6) is 1.98. The average Bonchev–Trinajstić information content (AvgIpc) is 3.06. The number of ether oxygens (including phenoxy) is 3. The second-order valence-corrected chi connectivity index (χ2v) is 6.04. The Morgan fingerprint density at radius 2 is 2.04 bits per heavy atom. The zero-order chi connectivity index (χ0) is 15.9. The molecule has 7 heteroatoms. The van der Waals surface area contributed by atoms with E-state index in [1.54, 1.807) is 12.1 Å². The van der Waals surface area contributed by atoms with Crippen molar-refractivity contribution in [2.75, 3.05) is 19.9 Å². The summed E-state index contributed by atoms with van der Waals surface area (Å²) in [7, 11) is 0. The minimum atomic E-state index is -0.602. The molecular weight excluding hydrogens is 300 g/mol. The fourth-order valence-electron chi connectivity index (χ4n) is 3.13. The Labute approximate surface area is 133 Å². The largest absolute Gasteiger partial charge is 0.493 e. The molecule has 3 amide bonds. The van der Waals surface area contributed by atoms with E-state index >= 15 is 0 Å². The van der Waals surface area contributed by atoms with Gasteiger partial charge in [-0.3, -0.25) is 9.69 Å². The van der Waals surface area contributed by atoms with Gasteiger partial charge in [0, 0.05) is 12.6 Å². The Kier molecular flexibility index (Phi) is 3.28.